The van der Waals surface area contributed by atoms with Crippen LogP contribution in [0.1, 0.15) is 41.9 Å². The molecule has 2 atom stereocenters. The van der Waals surface area contributed by atoms with Crippen molar-refractivity contribution in [2.45, 2.75) is 43.8 Å². The molecule has 8 heteroatoms. The maximum absolute atomic E-state index is 13.3. The summed E-state index contributed by atoms with van der Waals surface area (Å²) in [5, 5.41) is 15.1. The Morgan fingerprint density at radius 3 is 2.08 bits per heavy atom. The van der Waals surface area contributed by atoms with Crippen LogP contribution in [0.4, 0.5) is 4.79 Å². The number of carbonyl (C=O) groups excluding carboxylic acids is 2. The molecule has 2 unspecified atom stereocenters. The first-order valence-corrected chi connectivity index (χ1v) is 13.8. The summed E-state index contributed by atoms with van der Waals surface area (Å²) in [7, 11) is 1.85. The molecule has 0 heterocycles. The lowest BCUT2D eigenvalue weighted by Gasteiger charge is -2.33. The molecule has 1 saturated carbocycles. The molecular weight excluding hydrogens is 506 g/mol. The van der Waals surface area contributed by atoms with Gasteiger partial charge < -0.3 is 20.5 Å². The summed E-state index contributed by atoms with van der Waals surface area (Å²) in [4.78, 5) is 40.2. The van der Waals surface area contributed by atoms with Crippen LogP contribution in [-0.4, -0.2) is 60.3 Å². The molecule has 1 fully saturated rings. The molecule has 0 bridgehead atoms. The summed E-state index contributed by atoms with van der Waals surface area (Å²) in [5.41, 5.74) is 5.50. The van der Waals surface area contributed by atoms with Crippen LogP contribution in [0, 0.1) is 5.92 Å². The molecule has 2 aliphatic rings. The molecule has 3 aromatic rings. The van der Waals surface area contributed by atoms with Gasteiger partial charge in [0.2, 0.25) is 5.91 Å². The highest BCUT2D eigenvalue weighted by atomic mass is 16.5. The molecule has 208 valence electrons. The second kappa shape index (κ2) is 12.3. The molecule has 2 amide bonds. The van der Waals surface area contributed by atoms with Gasteiger partial charge in [0.1, 0.15) is 18.7 Å². The topological polar surface area (TPSA) is 108 Å². The number of nitrogens with one attached hydrogen (secondary N) is 2. The summed E-state index contributed by atoms with van der Waals surface area (Å²) >= 11 is 0. The molecular formula is C32H35N3O5. The SMILES string of the molecule is CN(Cc1ccccc1)CC(NC(=O)OCC1c2ccccc2-c2ccccc21)C(=O)NC(C(=O)O)C1CCC1. The minimum atomic E-state index is -1.06. The van der Waals surface area contributed by atoms with E-state index in [1.54, 1.807) is 0 Å². The number of benzene rings is 3. The third-order valence-electron chi connectivity index (χ3n) is 7.93. The largest absolute Gasteiger partial charge is 0.480 e. The number of nitrogens with zero attached hydrogens (tertiary/aromatic N) is 1. The molecule has 3 aromatic carbocycles. The number of fused-ring (bicyclic) bond motifs is 3. The maximum atomic E-state index is 13.3. The molecule has 0 aromatic heterocycles. The molecule has 0 radical (unpaired) electrons. The van der Waals surface area contributed by atoms with Crippen LogP contribution >= 0.6 is 0 Å². The molecule has 2 aliphatic carbocycles. The number of carboxylic acid groups (broad SMARTS) is 1. The molecule has 8 nitrogen and oxygen atoms in total. The zero-order valence-electron chi connectivity index (χ0n) is 22.6. The zero-order valence-corrected chi connectivity index (χ0v) is 22.6. The van der Waals surface area contributed by atoms with Crippen molar-refractivity contribution >= 4 is 18.0 Å². The first kappa shape index (κ1) is 27.4. The predicted octanol–water partition coefficient (Wildman–Crippen LogP) is 4.40. The number of carboxylic acids is 1. The number of hydrogen-bond donors (Lipinski definition) is 3. The minimum absolute atomic E-state index is 0.0985. The lowest BCUT2D eigenvalue weighted by molar-refractivity contribution is -0.144. The Morgan fingerprint density at radius 2 is 1.50 bits per heavy atom. The van der Waals surface area contributed by atoms with Crippen LogP contribution in [0.3, 0.4) is 0 Å². The Morgan fingerprint density at radius 1 is 0.900 bits per heavy atom. The normalized spacial score (nSPS) is 15.8. The Hall–Kier alpha value is -4.17. The van der Waals surface area contributed by atoms with Crippen molar-refractivity contribution in [1.29, 1.82) is 0 Å². The van der Waals surface area contributed by atoms with E-state index in [0.717, 1.165) is 47.1 Å². The van der Waals surface area contributed by atoms with Crippen LogP contribution in [0.25, 0.3) is 11.1 Å². The Kier molecular flexibility index (Phi) is 8.45. The average Bonchev–Trinajstić information content (AvgIpc) is 3.24. The van der Waals surface area contributed by atoms with E-state index in [0.29, 0.717) is 6.54 Å². The summed E-state index contributed by atoms with van der Waals surface area (Å²) in [5.74, 6) is -1.80. The van der Waals surface area contributed by atoms with Crippen molar-refractivity contribution in [2.75, 3.05) is 20.2 Å². The van der Waals surface area contributed by atoms with E-state index < -0.39 is 30.1 Å². The minimum Gasteiger partial charge on any atom is -0.480 e. The number of rotatable bonds is 11. The van der Waals surface area contributed by atoms with E-state index in [-0.39, 0.29) is 25.0 Å². The van der Waals surface area contributed by atoms with Crippen LogP contribution in [0.5, 0.6) is 0 Å². The van der Waals surface area contributed by atoms with Crippen LogP contribution in [0.15, 0.2) is 78.9 Å². The fourth-order valence-electron chi connectivity index (χ4n) is 5.66. The highest BCUT2D eigenvalue weighted by Crippen LogP contribution is 2.44. The van der Waals surface area contributed by atoms with Crippen molar-refractivity contribution in [3.63, 3.8) is 0 Å². The van der Waals surface area contributed by atoms with E-state index in [1.807, 2.05) is 78.7 Å². The molecule has 0 saturated heterocycles. The van der Waals surface area contributed by atoms with Crippen LogP contribution in [0.2, 0.25) is 0 Å². The van der Waals surface area contributed by atoms with Gasteiger partial charge in [-0.05, 0) is 53.6 Å². The Bertz CT molecular complexity index is 1310. The Balaban J connectivity index is 1.27. The maximum Gasteiger partial charge on any atom is 0.407 e. The third-order valence-corrected chi connectivity index (χ3v) is 7.93. The van der Waals surface area contributed by atoms with Crippen molar-refractivity contribution in [1.82, 2.24) is 15.5 Å². The van der Waals surface area contributed by atoms with Gasteiger partial charge in [0.25, 0.3) is 0 Å². The second-order valence-corrected chi connectivity index (χ2v) is 10.7. The number of aliphatic carboxylic acids is 1. The summed E-state index contributed by atoms with van der Waals surface area (Å²) in [6.07, 6.45) is 1.75. The monoisotopic (exact) mass is 541 g/mol. The van der Waals surface area contributed by atoms with Crippen LogP contribution in [-0.2, 0) is 20.9 Å². The van der Waals surface area contributed by atoms with E-state index in [9.17, 15) is 19.5 Å². The van der Waals surface area contributed by atoms with Crippen molar-refractivity contribution in [2.24, 2.45) is 5.92 Å². The fourth-order valence-corrected chi connectivity index (χ4v) is 5.66. The standard InChI is InChI=1S/C32H35N3O5/c1-35(18-21-10-3-2-4-11-21)19-28(30(36)34-29(31(37)38)22-12-9-13-22)33-32(39)40-20-27-25-16-7-5-14-23(25)24-15-6-8-17-26(24)27/h2-8,10-11,14-17,22,27-29H,9,12-13,18-20H2,1H3,(H,33,39)(H,34,36)(H,37,38). The van der Waals surface area contributed by atoms with Gasteiger partial charge in [-0.3, -0.25) is 9.69 Å². The number of carbonyl (C=O) groups is 3. The first-order chi connectivity index (χ1) is 19.4. The van der Waals surface area contributed by atoms with Crippen molar-refractivity contribution in [3.8, 4) is 11.1 Å². The van der Waals surface area contributed by atoms with Gasteiger partial charge in [-0.1, -0.05) is 85.3 Å². The fraction of sp³-hybridized carbons (Fsp3) is 0.344. The van der Waals surface area contributed by atoms with Gasteiger partial charge in [0, 0.05) is 19.0 Å². The van der Waals surface area contributed by atoms with Gasteiger partial charge in [-0.2, -0.15) is 0 Å². The zero-order chi connectivity index (χ0) is 28.1. The number of alkyl carbamates (subject to hydrolysis) is 1. The highest BCUT2D eigenvalue weighted by molar-refractivity contribution is 5.89. The predicted molar refractivity (Wildman–Crippen MR) is 152 cm³/mol. The lowest BCUT2D eigenvalue weighted by Crippen LogP contribution is -2.57. The molecule has 0 aliphatic heterocycles. The number of hydrogen-bond acceptors (Lipinski definition) is 5. The van der Waals surface area contributed by atoms with Gasteiger partial charge in [0.15, 0.2) is 0 Å². The molecule has 3 N–H and O–H groups in total. The second-order valence-electron chi connectivity index (χ2n) is 10.7. The number of amides is 2. The molecule has 5 rings (SSSR count). The summed E-state index contributed by atoms with van der Waals surface area (Å²) in [6.45, 7) is 0.859. The highest BCUT2D eigenvalue weighted by Gasteiger charge is 2.36. The Labute approximate surface area is 234 Å². The van der Waals surface area contributed by atoms with E-state index in [4.69, 9.17) is 4.74 Å². The van der Waals surface area contributed by atoms with E-state index >= 15 is 0 Å². The van der Waals surface area contributed by atoms with E-state index in [2.05, 4.69) is 22.8 Å². The van der Waals surface area contributed by atoms with E-state index in [1.165, 1.54) is 0 Å². The van der Waals surface area contributed by atoms with Gasteiger partial charge in [-0.25, -0.2) is 9.59 Å². The third kappa shape index (κ3) is 6.18. The molecule has 0 spiro atoms. The smallest absolute Gasteiger partial charge is 0.407 e. The van der Waals surface area contributed by atoms with Gasteiger partial charge >= 0.3 is 12.1 Å². The van der Waals surface area contributed by atoms with Gasteiger partial charge in [-0.15, -0.1) is 0 Å². The summed E-state index contributed by atoms with van der Waals surface area (Å²) in [6, 6.07) is 24.0. The first-order valence-electron chi connectivity index (χ1n) is 13.8. The van der Waals surface area contributed by atoms with Crippen LogP contribution < -0.4 is 10.6 Å². The number of likely N-dealkylation sites (N-methyl/N-ethyl adjacent to an activating group) is 1. The quantitative estimate of drug-likeness (QED) is 0.332. The number of ether oxygens (including phenoxy) is 1. The van der Waals surface area contributed by atoms with Gasteiger partial charge in [0.05, 0.1) is 0 Å². The van der Waals surface area contributed by atoms with Crippen molar-refractivity contribution in [3.05, 3.63) is 95.6 Å². The van der Waals surface area contributed by atoms with Crippen molar-refractivity contribution < 1.29 is 24.2 Å². The summed E-state index contributed by atoms with van der Waals surface area (Å²) < 4.78 is 5.69. The molecule has 40 heavy (non-hydrogen) atoms. The lowest BCUT2D eigenvalue weighted by atomic mass is 9.79. The average molecular weight is 542 g/mol.